The van der Waals surface area contributed by atoms with Crippen LogP contribution in [0.3, 0.4) is 0 Å². The number of hydrogen-bond donors (Lipinski definition) is 0. The molecule has 2 saturated heterocycles. The molecule has 2 heterocycles. The summed E-state index contributed by atoms with van der Waals surface area (Å²) in [5, 5.41) is 1.58. The number of benzene rings is 4. The van der Waals surface area contributed by atoms with Gasteiger partial charge >= 0.3 is 10.1 Å². The summed E-state index contributed by atoms with van der Waals surface area (Å²) in [6.45, 7) is 0. The number of hydroxylamine groups is 1. The lowest BCUT2D eigenvalue weighted by Gasteiger charge is -2.28. The summed E-state index contributed by atoms with van der Waals surface area (Å²) in [7, 11) is -4.01. The number of imide groups is 1. The lowest BCUT2D eigenvalue weighted by Crippen LogP contribution is -2.37. The van der Waals surface area contributed by atoms with Crippen LogP contribution in [0.25, 0.3) is 0 Å². The van der Waals surface area contributed by atoms with E-state index in [0.717, 1.165) is 4.47 Å². The highest BCUT2D eigenvalue weighted by Crippen LogP contribution is 2.47. The van der Waals surface area contributed by atoms with Gasteiger partial charge in [0, 0.05) is 4.47 Å². The average Bonchev–Trinajstić information content (AvgIpc) is 3.46. The second-order valence-electron chi connectivity index (χ2n) is 9.07. The minimum absolute atomic E-state index is 0.0412. The molecule has 6 rings (SSSR count). The fourth-order valence-electron chi connectivity index (χ4n) is 4.88. The quantitative estimate of drug-likeness (QED) is 0.219. The van der Waals surface area contributed by atoms with Crippen LogP contribution in [0.2, 0.25) is 0 Å². The smallest absolute Gasteiger partial charge is 0.339 e. The molecule has 39 heavy (non-hydrogen) atoms. The van der Waals surface area contributed by atoms with Crippen LogP contribution in [0.1, 0.15) is 11.6 Å². The van der Waals surface area contributed by atoms with E-state index in [1.165, 1.54) is 29.2 Å². The van der Waals surface area contributed by atoms with E-state index in [0.29, 0.717) is 16.9 Å². The molecule has 0 unspecified atom stereocenters. The normalized spacial score (nSPS) is 20.8. The Kier molecular flexibility index (Phi) is 6.46. The molecule has 0 aromatic heterocycles. The zero-order chi connectivity index (χ0) is 27.1. The number of carbonyl (C=O) groups is 2. The van der Waals surface area contributed by atoms with Crippen LogP contribution >= 0.6 is 15.9 Å². The third-order valence-electron chi connectivity index (χ3n) is 6.67. The number of hydrogen-bond acceptors (Lipinski definition) is 7. The molecule has 2 fully saturated rings. The maximum Gasteiger partial charge on any atom is 0.339 e. The first-order valence-electron chi connectivity index (χ1n) is 12.1. The SMILES string of the molecule is O=C1[C@H]2[C@@H](ON(c3ccccc3)[C@H]2c2ccc(OS(=O)(=O)c3ccccc3)cc2)C(=O)N1c1ccc(Br)cc1. The predicted molar refractivity (Wildman–Crippen MR) is 147 cm³/mol. The standard InChI is InChI=1S/C29H21BrN2O6S/c30-20-13-15-21(16-14-20)31-28(33)25-26(32(37-27(25)29(31)34)22-7-3-1-4-8-22)19-11-17-23(18-12-19)38-39(35,36)24-9-5-2-6-10-24/h1-18,25-27H/t25-,26+,27-/m1/s1. The van der Waals surface area contributed by atoms with Gasteiger partial charge in [-0.25, -0.2) is 9.96 Å². The summed E-state index contributed by atoms with van der Waals surface area (Å²) in [5.74, 6) is -1.51. The van der Waals surface area contributed by atoms with Crippen LogP contribution in [0.15, 0.2) is 119 Å². The van der Waals surface area contributed by atoms with Crippen molar-refractivity contribution in [3.8, 4) is 5.75 Å². The van der Waals surface area contributed by atoms with Crippen LogP contribution in [0, 0.1) is 5.92 Å². The first kappa shape index (κ1) is 25.3. The monoisotopic (exact) mass is 604 g/mol. The van der Waals surface area contributed by atoms with Gasteiger partial charge in [-0.05, 0) is 66.2 Å². The Morgan fingerprint density at radius 1 is 0.718 bits per heavy atom. The first-order valence-corrected chi connectivity index (χ1v) is 14.3. The maximum absolute atomic E-state index is 13.7. The van der Waals surface area contributed by atoms with Crippen molar-refractivity contribution >= 4 is 49.2 Å². The van der Waals surface area contributed by atoms with Gasteiger partial charge in [-0.2, -0.15) is 8.42 Å². The molecule has 3 atom stereocenters. The van der Waals surface area contributed by atoms with Gasteiger partial charge in [0.25, 0.3) is 5.91 Å². The van der Waals surface area contributed by atoms with Crippen molar-refractivity contribution in [1.29, 1.82) is 0 Å². The molecule has 196 valence electrons. The molecule has 4 aromatic carbocycles. The Morgan fingerprint density at radius 3 is 1.97 bits per heavy atom. The van der Waals surface area contributed by atoms with Gasteiger partial charge in [-0.15, -0.1) is 0 Å². The number of nitrogens with zero attached hydrogens (tertiary/aromatic N) is 2. The minimum Gasteiger partial charge on any atom is -0.379 e. The molecular weight excluding hydrogens is 584 g/mol. The molecule has 8 nitrogen and oxygen atoms in total. The Hall–Kier alpha value is -3.99. The molecule has 0 N–H and O–H groups in total. The number of rotatable bonds is 6. The zero-order valence-corrected chi connectivity index (χ0v) is 22.7. The minimum atomic E-state index is -4.01. The highest BCUT2D eigenvalue weighted by Gasteiger charge is 2.60. The molecule has 2 aliphatic heterocycles. The molecule has 2 aliphatic rings. The Labute approximate surface area is 233 Å². The first-order chi connectivity index (χ1) is 18.8. The predicted octanol–water partition coefficient (Wildman–Crippen LogP) is 5.27. The van der Waals surface area contributed by atoms with Crippen molar-refractivity contribution in [1.82, 2.24) is 0 Å². The van der Waals surface area contributed by atoms with Gasteiger partial charge in [-0.3, -0.25) is 14.4 Å². The van der Waals surface area contributed by atoms with Crippen molar-refractivity contribution in [3.05, 3.63) is 119 Å². The highest BCUT2D eigenvalue weighted by molar-refractivity contribution is 9.10. The average molecular weight is 605 g/mol. The fourth-order valence-corrected chi connectivity index (χ4v) is 6.09. The number of halogens is 1. The summed E-state index contributed by atoms with van der Waals surface area (Å²) < 4.78 is 31.5. The van der Waals surface area contributed by atoms with Gasteiger partial charge < -0.3 is 4.18 Å². The molecule has 10 heteroatoms. The summed E-state index contributed by atoms with van der Waals surface area (Å²) >= 11 is 3.38. The van der Waals surface area contributed by atoms with E-state index in [2.05, 4.69) is 15.9 Å². The number of para-hydroxylation sites is 1. The summed E-state index contributed by atoms with van der Waals surface area (Å²) in [5.41, 5.74) is 1.81. The molecular formula is C29H21BrN2O6S. The lowest BCUT2D eigenvalue weighted by molar-refractivity contribution is -0.126. The van der Waals surface area contributed by atoms with E-state index in [4.69, 9.17) is 9.02 Å². The van der Waals surface area contributed by atoms with Crippen molar-refractivity contribution in [2.24, 2.45) is 5.92 Å². The van der Waals surface area contributed by atoms with Crippen molar-refractivity contribution in [2.45, 2.75) is 17.0 Å². The van der Waals surface area contributed by atoms with Crippen LogP contribution in [-0.4, -0.2) is 26.3 Å². The number of carbonyl (C=O) groups excluding carboxylic acids is 2. The van der Waals surface area contributed by atoms with E-state index >= 15 is 0 Å². The van der Waals surface area contributed by atoms with E-state index in [-0.39, 0.29) is 16.6 Å². The topological polar surface area (TPSA) is 93.2 Å². The van der Waals surface area contributed by atoms with Crippen LogP contribution in [0.4, 0.5) is 11.4 Å². The number of amides is 2. The Bertz CT molecular complexity index is 1630. The van der Waals surface area contributed by atoms with Crippen molar-refractivity contribution in [3.63, 3.8) is 0 Å². The molecule has 0 saturated carbocycles. The third-order valence-corrected chi connectivity index (χ3v) is 8.46. The summed E-state index contributed by atoms with van der Waals surface area (Å²) in [4.78, 5) is 34.5. The summed E-state index contributed by atoms with van der Waals surface area (Å²) in [6, 6.07) is 29.8. The number of anilines is 2. The third kappa shape index (κ3) is 4.60. The van der Waals surface area contributed by atoms with Crippen molar-refractivity contribution in [2.75, 3.05) is 9.96 Å². The molecule has 2 amide bonds. The zero-order valence-electron chi connectivity index (χ0n) is 20.3. The highest BCUT2D eigenvalue weighted by atomic mass is 79.9. The van der Waals surface area contributed by atoms with Crippen LogP contribution in [0.5, 0.6) is 5.75 Å². The Morgan fingerprint density at radius 2 is 1.33 bits per heavy atom. The molecule has 4 aromatic rings. The van der Waals surface area contributed by atoms with E-state index in [9.17, 15) is 18.0 Å². The van der Waals surface area contributed by atoms with Gasteiger partial charge in [-0.1, -0.05) is 64.5 Å². The summed E-state index contributed by atoms with van der Waals surface area (Å²) in [6.07, 6.45) is -1.01. The maximum atomic E-state index is 13.7. The fraction of sp³-hybridized carbons (Fsp3) is 0.103. The second kappa shape index (κ2) is 9.96. The Balaban J connectivity index is 1.34. The van der Waals surface area contributed by atoms with E-state index < -0.39 is 34.1 Å². The molecule has 0 bridgehead atoms. The lowest BCUT2D eigenvalue weighted by atomic mass is 9.90. The van der Waals surface area contributed by atoms with Gasteiger partial charge in [0.1, 0.15) is 16.6 Å². The molecule has 0 aliphatic carbocycles. The van der Waals surface area contributed by atoms with Gasteiger partial charge in [0.2, 0.25) is 5.91 Å². The largest absolute Gasteiger partial charge is 0.379 e. The van der Waals surface area contributed by atoms with Crippen LogP contribution in [-0.2, 0) is 24.5 Å². The van der Waals surface area contributed by atoms with E-state index in [1.807, 2.05) is 30.3 Å². The van der Waals surface area contributed by atoms with Gasteiger partial charge in [0.05, 0.1) is 17.4 Å². The molecule has 0 spiro atoms. The van der Waals surface area contributed by atoms with Crippen molar-refractivity contribution < 1.29 is 27.0 Å². The second-order valence-corrected chi connectivity index (χ2v) is 11.5. The number of fused-ring (bicyclic) bond motifs is 1. The van der Waals surface area contributed by atoms with Crippen LogP contribution < -0.4 is 14.1 Å². The molecule has 0 radical (unpaired) electrons. The van der Waals surface area contributed by atoms with E-state index in [1.54, 1.807) is 59.7 Å². The van der Waals surface area contributed by atoms with Gasteiger partial charge in [0.15, 0.2) is 6.10 Å².